The van der Waals surface area contributed by atoms with Crippen molar-refractivity contribution in [1.82, 2.24) is 10.3 Å². The maximum Gasteiger partial charge on any atom is 0.0898 e. The van der Waals surface area contributed by atoms with E-state index in [4.69, 9.17) is 23.2 Å². The third kappa shape index (κ3) is 3.23. The maximum atomic E-state index is 6.02. The predicted octanol–water partition coefficient (Wildman–Crippen LogP) is 4.26. The van der Waals surface area contributed by atoms with Crippen molar-refractivity contribution in [3.8, 4) is 0 Å². The smallest absolute Gasteiger partial charge is 0.0898 e. The monoisotopic (exact) mass is 300 g/mol. The Hall–Kier alpha value is -0.610. The van der Waals surface area contributed by atoms with Gasteiger partial charge in [-0.3, -0.25) is 0 Å². The molecule has 0 radical (unpaired) electrons. The number of benzene rings is 1. The SMILES string of the molecule is CNC(Cc1ccc(Cl)c(Cl)c1)c1csc(C)n1. The van der Waals surface area contributed by atoms with Gasteiger partial charge < -0.3 is 5.32 Å². The Kier molecular flexibility index (Phi) is 4.62. The van der Waals surface area contributed by atoms with Gasteiger partial charge in [0.15, 0.2) is 0 Å². The van der Waals surface area contributed by atoms with Crippen molar-refractivity contribution in [2.45, 2.75) is 19.4 Å². The van der Waals surface area contributed by atoms with Crippen LogP contribution in [0.1, 0.15) is 22.3 Å². The Morgan fingerprint density at radius 3 is 2.67 bits per heavy atom. The molecule has 1 N–H and O–H groups in total. The van der Waals surface area contributed by atoms with Crippen LogP contribution in [0, 0.1) is 6.92 Å². The molecule has 1 heterocycles. The van der Waals surface area contributed by atoms with Crippen molar-refractivity contribution < 1.29 is 0 Å². The molecule has 96 valence electrons. The van der Waals surface area contributed by atoms with E-state index in [1.54, 1.807) is 11.3 Å². The fraction of sp³-hybridized carbons (Fsp3) is 0.308. The van der Waals surface area contributed by atoms with E-state index in [1.165, 1.54) is 0 Å². The molecule has 0 fully saturated rings. The average Bonchev–Trinajstić information content (AvgIpc) is 2.77. The zero-order valence-electron chi connectivity index (χ0n) is 10.2. The minimum atomic E-state index is 0.201. The molecule has 0 saturated carbocycles. The largest absolute Gasteiger partial charge is 0.311 e. The van der Waals surface area contributed by atoms with E-state index >= 15 is 0 Å². The minimum Gasteiger partial charge on any atom is -0.311 e. The summed E-state index contributed by atoms with van der Waals surface area (Å²) < 4.78 is 0. The first-order chi connectivity index (χ1) is 8.60. The number of likely N-dealkylation sites (N-methyl/N-ethyl adjacent to an activating group) is 1. The average molecular weight is 301 g/mol. The molecule has 2 rings (SSSR count). The second-order valence-corrected chi connectivity index (χ2v) is 5.96. The van der Waals surface area contributed by atoms with E-state index in [1.807, 2.05) is 32.2 Å². The first kappa shape index (κ1) is 13.8. The lowest BCUT2D eigenvalue weighted by molar-refractivity contribution is 0.578. The fourth-order valence-electron chi connectivity index (χ4n) is 1.80. The summed E-state index contributed by atoms with van der Waals surface area (Å²) >= 11 is 13.6. The molecule has 1 atom stereocenters. The van der Waals surface area contributed by atoms with Gasteiger partial charge in [0.1, 0.15) is 0 Å². The molecular weight excluding hydrogens is 287 g/mol. The van der Waals surface area contributed by atoms with Gasteiger partial charge in [-0.05, 0) is 38.1 Å². The molecule has 1 aromatic heterocycles. The highest BCUT2D eigenvalue weighted by molar-refractivity contribution is 7.09. The van der Waals surface area contributed by atoms with Crippen LogP contribution >= 0.6 is 34.5 Å². The molecule has 18 heavy (non-hydrogen) atoms. The van der Waals surface area contributed by atoms with Gasteiger partial charge in [0.25, 0.3) is 0 Å². The summed E-state index contributed by atoms with van der Waals surface area (Å²) in [5.41, 5.74) is 2.22. The molecular formula is C13H14Cl2N2S. The number of thiazole rings is 1. The molecule has 5 heteroatoms. The summed E-state index contributed by atoms with van der Waals surface area (Å²) in [5.74, 6) is 0. The van der Waals surface area contributed by atoms with Crippen molar-refractivity contribution in [3.05, 3.63) is 49.9 Å². The van der Waals surface area contributed by atoms with Crippen molar-refractivity contribution in [2.24, 2.45) is 0 Å². The Bertz CT molecular complexity index is 540. The zero-order chi connectivity index (χ0) is 13.1. The summed E-state index contributed by atoms with van der Waals surface area (Å²) in [4.78, 5) is 4.51. The van der Waals surface area contributed by atoms with Crippen LogP contribution in [0.15, 0.2) is 23.6 Å². The minimum absolute atomic E-state index is 0.201. The molecule has 0 aliphatic carbocycles. The van der Waals surface area contributed by atoms with Crippen LogP contribution in [0.25, 0.3) is 0 Å². The lowest BCUT2D eigenvalue weighted by Gasteiger charge is -2.14. The van der Waals surface area contributed by atoms with Crippen LogP contribution in [0.4, 0.5) is 0 Å². The summed E-state index contributed by atoms with van der Waals surface area (Å²) in [6.45, 7) is 2.01. The molecule has 0 aliphatic heterocycles. The Balaban J connectivity index is 2.17. The molecule has 1 unspecified atom stereocenters. The molecule has 0 bridgehead atoms. The topological polar surface area (TPSA) is 24.9 Å². The van der Waals surface area contributed by atoms with Gasteiger partial charge in [0, 0.05) is 5.38 Å². The first-order valence-electron chi connectivity index (χ1n) is 5.63. The molecule has 1 aromatic carbocycles. The molecule has 0 spiro atoms. The van der Waals surface area contributed by atoms with Gasteiger partial charge in [0.2, 0.25) is 0 Å². The third-order valence-electron chi connectivity index (χ3n) is 2.77. The van der Waals surface area contributed by atoms with E-state index in [-0.39, 0.29) is 6.04 Å². The lowest BCUT2D eigenvalue weighted by Crippen LogP contribution is -2.19. The quantitative estimate of drug-likeness (QED) is 0.912. The van der Waals surface area contributed by atoms with E-state index < -0.39 is 0 Å². The molecule has 2 nitrogen and oxygen atoms in total. The summed E-state index contributed by atoms with van der Waals surface area (Å²) in [7, 11) is 1.94. The number of halogens is 2. The van der Waals surface area contributed by atoms with E-state index in [0.29, 0.717) is 10.0 Å². The summed E-state index contributed by atoms with van der Waals surface area (Å²) in [5, 5.41) is 7.64. The lowest BCUT2D eigenvalue weighted by atomic mass is 10.0. The van der Waals surface area contributed by atoms with E-state index in [2.05, 4.69) is 15.7 Å². The maximum absolute atomic E-state index is 6.02. The number of rotatable bonds is 4. The van der Waals surface area contributed by atoms with Crippen LogP contribution in [-0.2, 0) is 6.42 Å². The van der Waals surface area contributed by atoms with Crippen LogP contribution in [0.3, 0.4) is 0 Å². The van der Waals surface area contributed by atoms with Crippen molar-refractivity contribution in [3.63, 3.8) is 0 Å². The number of aryl methyl sites for hydroxylation is 1. The number of nitrogens with zero attached hydrogens (tertiary/aromatic N) is 1. The second-order valence-electron chi connectivity index (χ2n) is 4.09. The van der Waals surface area contributed by atoms with Gasteiger partial charge in [-0.2, -0.15) is 0 Å². The Morgan fingerprint density at radius 1 is 1.33 bits per heavy atom. The number of hydrogen-bond acceptors (Lipinski definition) is 3. The van der Waals surface area contributed by atoms with Gasteiger partial charge in [-0.1, -0.05) is 29.3 Å². The highest BCUT2D eigenvalue weighted by Gasteiger charge is 2.13. The number of nitrogens with one attached hydrogen (secondary N) is 1. The molecule has 0 amide bonds. The van der Waals surface area contributed by atoms with Crippen LogP contribution in [0.2, 0.25) is 10.0 Å². The first-order valence-corrected chi connectivity index (χ1v) is 7.27. The van der Waals surface area contributed by atoms with Gasteiger partial charge in [-0.25, -0.2) is 4.98 Å². The summed E-state index contributed by atoms with van der Waals surface area (Å²) in [6, 6.07) is 5.94. The van der Waals surface area contributed by atoms with Gasteiger partial charge >= 0.3 is 0 Å². The number of hydrogen-bond donors (Lipinski definition) is 1. The highest BCUT2D eigenvalue weighted by atomic mass is 35.5. The normalized spacial score (nSPS) is 12.7. The van der Waals surface area contributed by atoms with E-state index in [0.717, 1.165) is 22.7 Å². The zero-order valence-corrected chi connectivity index (χ0v) is 12.5. The molecule has 0 aliphatic rings. The standard InChI is InChI=1S/C13H14Cl2N2S/c1-8-17-13(7-18-8)12(16-2)6-9-3-4-10(14)11(15)5-9/h3-5,7,12,16H,6H2,1-2H3. The van der Waals surface area contributed by atoms with Crippen molar-refractivity contribution in [2.75, 3.05) is 7.05 Å². The van der Waals surface area contributed by atoms with E-state index in [9.17, 15) is 0 Å². The summed E-state index contributed by atoms with van der Waals surface area (Å²) in [6.07, 6.45) is 0.844. The number of aromatic nitrogens is 1. The molecule has 0 saturated heterocycles. The van der Waals surface area contributed by atoms with Crippen molar-refractivity contribution >= 4 is 34.5 Å². The van der Waals surface area contributed by atoms with Crippen molar-refractivity contribution in [1.29, 1.82) is 0 Å². The van der Waals surface area contributed by atoms with Crippen LogP contribution < -0.4 is 5.32 Å². The Labute approximate surface area is 121 Å². The van der Waals surface area contributed by atoms with Gasteiger partial charge in [-0.15, -0.1) is 11.3 Å². The van der Waals surface area contributed by atoms with Crippen LogP contribution in [-0.4, -0.2) is 12.0 Å². The predicted molar refractivity (Wildman–Crippen MR) is 78.8 cm³/mol. The fourth-order valence-corrected chi connectivity index (χ4v) is 2.78. The van der Waals surface area contributed by atoms with Crippen LogP contribution in [0.5, 0.6) is 0 Å². The highest BCUT2D eigenvalue weighted by Crippen LogP contribution is 2.26. The second kappa shape index (κ2) is 6.02. The van der Waals surface area contributed by atoms with Gasteiger partial charge in [0.05, 0.1) is 26.8 Å². The Morgan fingerprint density at radius 2 is 2.11 bits per heavy atom. The molecule has 2 aromatic rings. The third-order valence-corrected chi connectivity index (χ3v) is 4.30.